The van der Waals surface area contributed by atoms with Gasteiger partial charge in [0.25, 0.3) is 0 Å². The van der Waals surface area contributed by atoms with Crippen LogP contribution in [-0.2, 0) is 13.0 Å². The summed E-state index contributed by atoms with van der Waals surface area (Å²) in [6, 6.07) is 6.21. The fourth-order valence-electron chi connectivity index (χ4n) is 1.74. The number of aliphatic hydroxyl groups excluding tert-OH is 1. The maximum absolute atomic E-state index is 13.4. The van der Waals surface area contributed by atoms with Crippen LogP contribution in [0.15, 0.2) is 30.6 Å². The van der Waals surface area contributed by atoms with Gasteiger partial charge in [-0.05, 0) is 13.0 Å². The van der Waals surface area contributed by atoms with E-state index in [1.165, 1.54) is 12.4 Å². The molecule has 0 aliphatic rings. The minimum absolute atomic E-state index is 0.259. The molecular formula is C12H14FN3O. The van der Waals surface area contributed by atoms with Crippen molar-refractivity contribution in [1.29, 1.82) is 0 Å². The van der Waals surface area contributed by atoms with Crippen molar-refractivity contribution in [3.05, 3.63) is 47.8 Å². The van der Waals surface area contributed by atoms with Gasteiger partial charge in [0, 0.05) is 18.5 Å². The van der Waals surface area contributed by atoms with Gasteiger partial charge in [-0.2, -0.15) is 5.10 Å². The first kappa shape index (κ1) is 11.7. The summed E-state index contributed by atoms with van der Waals surface area (Å²) in [5, 5.41) is 14.0. The summed E-state index contributed by atoms with van der Waals surface area (Å²) in [7, 11) is 0. The van der Waals surface area contributed by atoms with E-state index in [0.29, 0.717) is 12.4 Å². The van der Waals surface area contributed by atoms with E-state index >= 15 is 0 Å². The summed E-state index contributed by atoms with van der Waals surface area (Å²) in [5.74, 6) is 0.255. The van der Waals surface area contributed by atoms with Crippen LogP contribution in [0.4, 0.5) is 4.39 Å². The van der Waals surface area contributed by atoms with Gasteiger partial charge in [0.2, 0.25) is 0 Å². The summed E-state index contributed by atoms with van der Waals surface area (Å²) in [6.45, 7) is 2.62. The van der Waals surface area contributed by atoms with E-state index < -0.39 is 11.9 Å². The molecule has 0 radical (unpaired) electrons. The molecule has 1 unspecified atom stereocenters. The number of aromatic nitrogens is 3. The van der Waals surface area contributed by atoms with Crippen LogP contribution < -0.4 is 0 Å². The van der Waals surface area contributed by atoms with Crippen molar-refractivity contribution in [3.63, 3.8) is 0 Å². The normalized spacial score (nSPS) is 12.6. The van der Waals surface area contributed by atoms with Gasteiger partial charge in [0.1, 0.15) is 18.0 Å². The molecule has 1 aromatic heterocycles. The molecular weight excluding hydrogens is 221 g/mol. The lowest BCUT2D eigenvalue weighted by Crippen LogP contribution is -2.10. The predicted molar refractivity (Wildman–Crippen MR) is 60.8 cm³/mol. The molecule has 0 aliphatic carbocycles. The predicted octanol–water partition coefficient (Wildman–Crippen LogP) is 1.71. The van der Waals surface area contributed by atoms with Crippen LogP contribution in [0, 0.1) is 5.82 Å². The zero-order chi connectivity index (χ0) is 12.3. The molecule has 90 valence electrons. The van der Waals surface area contributed by atoms with Crippen molar-refractivity contribution in [1.82, 2.24) is 14.8 Å². The van der Waals surface area contributed by atoms with Gasteiger partial charge in [0.05, 0.1) is 6.10 Å². The van der Waals surface area contributed by atoms with Crippen LogP contribution in [-0.4, -0.2) is 19.9 Å². The molecule has 1 aromatic carbocycles. The Kier molecular flexibility index (Phi) is 3.49. The van der Waals surface area contributed by atoms with Crippen molar-refractivity contribution >= 4 is 0 Å². The highest BCUT2D eigenvalue weighted by Gasteiger charge is 2.15. The lowest BCUT2D eigenvalue weighted by molar-refractivity contribution is 0.169. The summed E-state index contributed by atoms with van der Waals surface area (Å²) in [4.78, 5) is 4.05. The number of hydrogen-bond acceptors (Lipinski definition) is 3. The first-order valence-corrected chi connectivity index (χ1v) is 5.51. The Hall–Kier alpha value is -1.75. The number of halogens is 1. The molecule has 0 fully saturated rings. The number of aryl methyl sites for hydroxylation is 1. The Morgan fingerprint density at radius 2 is 2.18 bits per heavy atom. The minimum Gasteiger partial charge on any atom is -0.388 e. The molecule has 0 amide bonds. The molecule has 5 heteroatoms. The molecule has 0 spiro atoms. The zero-order valence-corrected chi connectivity index (χ0v) is 9.55. The Morgan fingerprint density at radius 1 is 1.41 bits per heavy atom. The number of nitrogens with zero attached hydrogens (tertiary/aromatic N) is 3. The van der Waals surface area contributed by atoms with Gasteiger partial charge in [-0.25, -0.2) is 9.37 Å². The van der Waals surface area contributed by atoms with Gasteiger partial charge in [-0.15, -0.1) is 0 Å². The maximum Gasteiger partial charge on any atom is 0.138 e. The summed E-state index contributed by atoms with van der Waals surface area (Å²) in [6.07, 6.45) is 0.799. The molecule has 2 rings (SSSR count). The standard InChI is InChI=1S/C12H14FN3O/c1-2-16-12(14-8-15-16)7-11(17)9-5-3-4-6-10(9)13/h3-6,8,11,17H,2,7H2,1H3. The van der Waals surface area contributed by atoms with E-state index in [1.807, 2.05) is 6.92 Å². The molecule has 0 bridgehead atoms. The third-order valence-electron chi connectivity index (χ3n) is 2.64. The molecule has 0 aliphatic heterocycles. The molecule has 17 heavy (non-hydrogen) atoms. The van der Waals surface area contributed by atoms with Gasteiger partial charge in [-0.1, -0.05) is 18.2 Å². The lowest BCUT2D eigenvalue weighted by Gasteiger charge is -2.11. The van der Waals surface area contributed by atoms with Gasteiger partial charge < -0.3 is 5.11 Å². The smallest absolute Gasteiger partial charge is 0.138 e. The van der Waals surface area contributed by atoms with E-state index in [9.17, 15) is 9.50 Å². The lowest BCUT2D eigenvalue weighted by atomic mass is 10.1. The van der Waals surface area contributed by atoms with E-state index in [4.69, 9.17) is 0 Å². The van der Waals surface area contributed by atoms with Crippen LogP contribution in [0.2, 0.25) is 0 Å². The van der Waals surface area contributed by atoms with Crippen LogP contribution >= 0.6 is 0 Å². The molecule has 1 heterocycles. The van der Waals surface area contributed by atoms with Crippen LogP contribution in [0.3, 0.4) is 0 Å². The molecule has 1 N–H and O–H groups in total. The van der Waals surface area contributed by atoms with Gasteiger partial charge >= 0.3 is 0 Å². The Morgan fingerprint density at radius 3 is 2.88 bits per heavy atom. The van der Waals surface area contributed by atoms with Gasteiger partial charge in [-0.3, -0.25) is 4.68 Å². The second-order valence-corrected chi connectivity index (χ2v) is 3.73. The first-order valence-electron chi connectivity index (χ1n) is 5.51. The first-order chi connectivity index (χ1) is 8.22. The fraction of sp³-hybridized carbons (Fsp3) is 0.333. The minimum atomic E-state index is -0.898. The quantitative estimate of drug-likeness (QED) is 0.877. The van der Waals surface area contributed by atoms with Crippen molar-refractivity contribution in [3.8, 4) is 0 Å². The summed E-state index contributed by atoms with van der Waals surface area (Å²) in [5.41, 5.74) is 0.290. The SMILES string of the molecule is CCn1ncnc1CC(O)c1ccccc1F. The third kappa shape index (κ3) is 2.50. The number of hydrogen-bond donors (Lipinski definition) is 1. The highest BCUT2D eigenvalue weighted by atomic mass is 19.1. The Labute approximate surface area is 98.7 Å². The second kappa shape index (κ2) is 5.05. The van der Waals surface area contributed by atoms with E-state index in [0.717, 1.165) is 0 Å². The van der Waals surface area contributed by atoms with Crippen LogP contribution in [0.25, 0.3) is 0 Å². The largest absolute Gasteiger partial charge is 0.388 e. The van der Waals surface area contributed by atoms with E-state index in [2.05, 4.69) is 10.1 Å². The average molecular weight is 235 g/mol. The zero-order valence-electron chi connectivity index (χ0n) is 9.55. The van der Waals surface area contributed by atoms with Crippen LogP contribution in [0.5, 0.6) is 0 Å². The molecule has 2 aromatic rings. The van der Waals surface area contributed by atoms with Crippen molar-refractivity contribution in [2.45, 2.75) is 26.0 Å². The van der Waals surface area contributed by atoms with Crippen molar-refractivity contribution in [2.24, 2.45) is 0 Å². The number of aliphatic hydroxyl groups is 1. The Balaban J connectivity index is 2.17. The molecule has 0 saturated heterocycles. The maximum atomic E-state index is 13.4. The topological polar surface area (TPSA) is 50.9 Å². The van der Waals surface area contributed by atoms with Crippen molar-refractivity contribution < 1.29 is 9.50 Å². The monoisotopic (exact) mass is 235 g/mol. The fourth-order valence-corrected chi connectivity index (χ4v) is 1.74. The number of benzene rings is 1. The van der Waals surface area contributed by atoms with Crippen molar-refractivity contribution in [2.75, 3.05) is 0 Å². The highest BCUT2D eigenvalue weighted by Crippen LogP contribution is 2.19. The highest BCUT2D eigenvalue weighted by molar-refractivity contribution is 5.20. The molecule has 0 saturated carbocycles. The van der Waals surface area contributed by atoms with E-state index in [-0.39, 0.29) is 12.0 Å². The molecule has 4 nitrogen and oxygen atoms in total. The van der Waals surface area contributed by atoms with Crippen LogP contribution in [0.1, 0.15) is 24.4 Å². The molecule has 1 atom stereocenters. The summed E-state index contributed by atoms with van der Waals surface area (Å²) < 4.78 is 15.1. The second-order valence-electron chi connectivity index (χ2n) is 3.73. The summed E-state index contributed by atoms with van der Waals surface area (Å²) >= 11 is 0. The number of rotatable bonds is 4. The Bertz CT molecular complexity index is 498. The average Bonchev–Trinajstić information content (AvgIpc) is 2.76. The van der Waals surface area contributed by atoms with Gasteiger partial charge in [0.15, 0.2) is 0 Å². The van der Waals surface area contributed by atoms with E-state index in [1.54, 1.807) is 22.9 Å². The third-order valence-corrected chi connectivity index (χ3v) is 2.64.